The van der Waals surface area contributed by atoms with E-state index >= 15 is 0 Å². The molecule has 0 bridgehead atoms. The molecule has 1 aromatic rings. The number of aromatic carboxylic acids is 1. The minimum absolute atomic E-state index is 0.00836. The maximum absolute atomic E-state index is 10.7. The first-order valence-corrected chi connectivity index (χ1v) is 7.21. The Bertz CT molecular complexity index is 428. The molecule has 0 spiro atoms. The molecule has 2 N–H and O–H groups in total. The first-order valence-electron chi connectivity index (χ1n) is 7.21. The number of hydrogen-bond donors (Lipinski definition) is 2. The summed E-state index contributed by atoms with van der Waals surface area (Å²) in [4.78, 5) is 13.1. The summed E-state index contributed by atoms with van der Waals surface area (Å²) in [6.07, 6.45) is 6.83. The summed E-state index contributed by atoms with van der Waals surface area (Å²) < 4.78 is 1.55. The molecule has 0 atom stereocenters. The average molecular weight is 281 g/mol. The predicted molar refractivity (Wildman–Crippen MR) is 74.7 cm³/mol. The van der Waals surface area contributed by atoms with Gasteiger partial charge in [-0.2, -0.15) is 0 Å². The van der Waals surface area contributed by atoms with E-state index in [0.717, 1.165) is 25.7 Å². The Morgan fingerprint density at radius 1 is 1.50 bits per heavy atom. The van der Waals surface area contributed by atoms with Gasteiger partial charge in [-0.25, -0.2) is 4.79 Å². The molecule has 1 fully saturated rings. The molecule has 7 heteroatoms. The molecule has 1 aliphatic carbocycles. The second-order valence-electron chi connectivity index (χ2n) is 5.34. The minimum atomic E-state index is -1.04. The third kappa shape index (κ3) is 4.28. The van der Waals surface area contributed by atoms with Crippen molar-refractivity contribution < 1.29 is 9.90 Å². The third-order valence-electron chi connectivity index (χ3n) is 3.86. The van der Waals surface area contributed by atoms with Gasteiger partial charge in [0, 0.05) is 25.7 Å². The maximum Gasteiger partial charge on any atom is 0.358 e. The Morgan fingerprint density at radius 2 is 2.25 bits per heavy atom. The molecule has 112 valence electrons. The van der Waals surface area contributed by atoms with Gasteiger partial charge < -0.3 is 15.3 Å². The van der Waals surface area contributed by atoms with Gasteiger partial charge in [-0.1, -0.05) is 18.1 Å². The van der Waals surface area contributed by atoms with Crippen LogP contribution in [0.4, 0.5) is 0 Å². The first-order chi connectivity index (χ1) is 9.66. The van der Waals surface area contributed by atoms with E-state index in [1.165, 1.54) is 31.9 Å². The van der Waals surface area contributed by atoms with Gasteiger partial charge in [0.1, 0.15) is 0 Å². The van der Waals surface area contributed by atoms with E-state index in [-0.39, 0.29) is 5.69 Å². The van der Waals surface area contributed by atoms with Crippen LogP contribution in [-0.4, -0.2) is 63.7 Å². The number of rotatable bonds is 8. The second-order valence-corrected chi connectivity index (χ2v) is 5.34. The summed E-state index contributed by atoms with van der Waals surface area (Å²) in [6, 6.07) is 0.755. The zero-order valence-corrected chi connectivity index (χ0v) is 12.0. The van der Waals surface area contributed by atoms with E-state index in [2.05, 4.69) is 27.6 Å². The first kappa shape index (κ1) is 14.9. The van der Waals surface area contributed by atoms with E-state index < -0.39 is 5.97 Å². The average Bonchev–Trinajstić information content (AvgIpc) is 3.09. The lowest BCUT2D eigenvalue weighted by atomic mass is 10.2. The highest BCUT2D eigenvalue weighted by atomic mass is 16.4. The topological polar surface area (TPSA) is 83.3 Å². The van der Waals surface area contributed by atoms with Crippen molar-refractivity contribution in [2.75, 3.05) is 26.7 Å². The van der Waals surface area contributed by atoms with E-state index in [0.29, 0.717) is 6.54 Å². The van der Waals surface area contributed by atoms with Gasteiger partial charge in [-0.05, 0) is 19.9 Å². The van der Waals surface area contributed by atoms with Crippen LogP contribution in [0.15, 0.2) is 6.20 Å². The lowest BCUT2D eigenvalue weighted by Gasteiger charge is -2.23. The normalized spacial score (nSPS) is 16.1. The lowest BCUT2D eigenvalue weighted by molar-refractivity contribution is 0.0690. The van der Waals surface area contributed by atoms with Crippen molar-refractivity contribution in [1.82, 2.24) is 25.2 Å². The van der Waals surface area contributed by atoms with Crippen molar-refractivity contribution in [3.8, 4) is 0 Å². The summed E-state index contributed by atoms with van der Waals surface area (Å²) in [5.41, 5.74) is -0.00836. The van der Waals surface area contributed by atoms with Gasteiger partial charge in [0.25, 0.3) is 0 Å². The van der Waals surface area contributed by atoms with Crippen LogP contribution in [-0.2, 0) is 6.54 Å². The number of carboxylic acid groups (broad SMARTS) is 1. The lowest BCUT2D eigenvalue weighted by Crippen LogP contribution is -2.36. The molecule has 2 rings (SSSR count). The molecule has 1 heterocycles. The molecule has 1 aromatic heterocycles. The predicted octanol–water partition coefficient (Wildman–Crippen LogP) is 0.440. The van der Waals surface area contributed by atoms with E-state index in [1.807, 2.05) is 0 Å². The Hall–Kier alpha value is -1.47. The third-order valence-corrected chi connectivity index (χ3v) is 3.86. The summed E-state index contributed by atoms with van der Waals surface area (Å²) in [7, 11) is 2.19. The highest BCUT2D eigenvalue weighted by Gasteiger charge is 2.18. The quantitative estimate of drug-likeness (QED) is 0.673. The van der Waals surface area contributed by atoms with Crippen molar-refractivity contribution >= 4 is 5.97 Å². The molecule has 0 saturated heterocycles. The van der Waals surface area contributed by atoms with Crippen LogP contribution in [0, 0.1) is 0 Å². The fourth-order valence-electron chi connectivity index (χ4n) is 2.61. The second kappa shape index (κ2) is 7.35. The standard InChI is InChI=1S/C13H23N5O2/c1-17(11-4-2-3-5-11)8-6-14-7-9-18-10-12(13(19)20)15-16-18/h10-11,14H,2-9H2,1H3,(H,19,20). The number of nitrogens with one attached hydrogen (secondary N) is 1. The number of carbonyl (C=O) groups is 1. The number of nitrogens with zero attached hydrogens (tertiary/aromatic N) is 4. The summed E-state index contributed by atoms with van der Waals surface area (Å²) in [5.74, 6) is -1.04. The molecule has 20 heavy (non-hydrogen) atoms. The van der Waals surface area contributed by atoms with E-state index in [9.17, 15) is 4.79 Å². The van der Waals surface area contributed by atoms with E-state index in [1.54, 1.807) is 4.68 Å². The smallest absolute Gasteiger partial charge is 0.358 e. The Balaban J connectivity index is 1.57. The van der Waals surface area contributed by atoms with Crippen LogP contribution in [0.5, 0.6) is 0 Å². The molecule has 0 amide bonds. The summed E-state index contributed by atoms with van der Waals surface area (Å²) in [5, 5.41) is 19.4. The van der Waals surface area contributed by atoms with Gasteiger partial charge in [-0.3, -0.25) is 4.68 Å². The van der Waals surface area contributed by atoms with Crippen LogP contribution in [0.3, 0.4) is 0 Å². The fraction of sp³-hybridized carbons (Fsp3) is 0.769. The van der Waals surface area contributed by atoms with Gasteiger partial charge in [0.2, 0.25) is 0 Å². The van der Waals surface area contributed by atoms with Crippen molar-refractivity contribution in [3.63, 3.8) is 0 Å². The maximum atomic E-state index is 10.7. The van der Waals surface area contributed by atoms with Crippen LogP contribution in [0.1, 0.15) is 36.2 Å². The molecular formula is C13H23N5O2. The number of hydrogen-bond acceptors (Lipinski definition) is 5. The largest absolute Gasteiger partial charge is 0.476 e. The molecule has 0 aromatic carbocycles. The molecule has 0 radical (unpaired) electrons. The van der Waals surface area contributed by atoms with Gasteiger partial charge in [0.05, 0.1) is 12.7 Å². The molecule has 1 aliphatic rings. The van der Waals surface area contributed by atoms with Crippen molar-refractivity contribution in [2.45, 2.75) is 38.3 Å². The Labute approximate surface area is 119 Å². The minimum Gasteiger partial charge on any atom is -0.476 e. The zero-order chi connectivity index (χ0) is 14.4. The highest BCUT2D eigenvalue weighted by molar-refractivity contribution is 5.84. The van der Waals surface area contributed by atoms with Crippen LogP contribution in [0.25, 0.3) is 0 Å². The molecule has 0 aliphatic heterocycles. The monoisotopic (exact) mass is 281 g/mol. The molecule has 1 saturated carbocycles. The van der Waals surface area contributed by atoms with Gasteiger partial charge in [-0.15, -0.1) is 5.10 Å². The molecular weight excluding hydrogens is 258 g/mol. The van der Waals surface area contributed by atoms with Crippen LogP contribution in [0.2, 0.25) is 0 Å². The van der Waals surface area contributed by atoms with Crippen molar-refractivity contribution in [2.24, 2.45) is 0 Å². The molecule has 0 unspecified atom stereocenters. The Morgan fingerprint density at radius 3 is 2.90 bits per heavy atom. The van der Waals surface area contributed by atoms with Crippen LogP contribution >= 0.6 is 0 Å². The van der Waals surface area contributed by atoms with Gasteiger partial charge in [0.15, 0.2) is 5.69 Å². The fourth-order valence-corrected chi connectivity index (χ4v) is 2.61. The molecule has 7 nitrogen and oxygen atoms in total. The summed E-state index contributed by atoms with van der Waals surface area (Å²) in [6.45, 7) is 3.38. The number of carboxylic acids is 1. The van der Waals surface area contributed by atoms with Crippen molar-refractivity contribution in [1.29, 1.82) is 0 Å². The number of aromatic nitrogens is 3. The van der Waals surface area contributed by atoms with Crippen molar-refractivity contribution in [3.05, 3.63) is 11.9 Å². The number of likely N-dealkylation sites (N-methyl/N-ethyl adjacent to an activating group) is 1. The van der Waals surface area contributed by atoms with Gasteiger partial charge >= 0.3 is 5.97 Å². The van der Waals surface area contributed by atoms with E-state index in [4.69, 9.17) is 5.11 Å². The highest BCUT2D eigenvalue weighted by Crippen LogP contribution is 2.21. The Kier molecular flexibility index (Phi) is 5.49. The van der Waals surface area contributed by atoms with Crippen LogP contribution < -0.4 is 5.32 Å². The zero-order valence-electron chi connectivity index (χ0n) is 12.0. The SMILES string of the molecule is CN(CCNCCn1cc(C(=O)O)nn1)C1CCCC1. The summed E-state index contributed by atoms with van der Waals surface area (Å²) >= 11 is 0.